The van der Waals surface area contributed by atoms with Gasteiger partial charge in [-0.1, -0.05) is 40.7 Å². The van der Waals surface area contributed by atoms with Crippen molar-refractivity contribution in [2.24, 2.45) is 0 Å². The van der Waals surface area contributed by atoms with E-state index in [1.54, 1.807) is 36.4 Å². The number of ether oxygens (including phenoxy) is 1. The normalized spacial score (nSPS) is 8.96. The standard InChI is InChI=1S/C17H17NO4.2C2H6/c1-2-10-22-15-5-3-4-13(11-15)16(19)18-14-8-6-12(7-9-14)17(20)21;2*1-2/h3-9,11H,2,10H2,1H3,(H,18,19)(H,20,21);2*1-2H3. The Morgan fingerprint density at radius 3 is 2.12 bits per heavy atom. The molecule has 2 rings (SSSR count). The molecule has 5 nitrogen and oxygen atoms in total. The lowest BCUT2D eigenvalue weighted by molar-refractivity contribution is 0.0696. The fourth-order valence-electron chi connectivity index (χ4n) is 1.85. The number of carboxylic acid groups (broad SMARTS) is 1. The number of rotatable bonds is 6. The van der Waals surface area contributed by atoms with Crippen LogP contribution in [0.3, 0.4) is 0 Å². The van der Waals surface area contributed by atoms with Crippen LogP contribution in [0, 0.1) is 0 Å². The second-order valence-corrected chi connectivity index (χ2v) is 4.71. The molecule has 0 heterocycles. The molecule has 0 fully saturated rings. The number of carboxylic acids is 1. The highest BCUT2D eigenvalue weighted by molar-refractivity contribution is 6.04. The zero-order valence-corrected chi connectivity index (χ0v) is 16.2. The first-order valence-electron chi connectivity index (χ1n) is 8.97. The molecule has 0 unspecified atom stereocenters. The van der Waals surface area contributed by atoms with E-state index in [9.17, 15) is 9.59 Å². The summed E-state index contributed by atoms with van der Waals surface area (Å²) in [5.74, 6) is -0.626. The Balaban J connectivity index is 0.00000146. The van der Waals surface area contributed by atoms with Crippen molar-refractivity contribution in [3.8, 4) is 5.75 Å². The maximum Gasteiger partial charge on any atom is 0.335 e. The molecular weight excluding hydrogens is 330 g/mol. The Bertz CT molecular complexity index is 666. The van der Waals surface area contributed by atoms with Crippen LogP contribution in [0.25, 0.3) is 0 Å². The molecule has 0 aliphatic heterocycles. The summed E-state index contributed by atoms with van der Waals surface area (Å²) < 4.78 is 5.49. The quantitative estimate of drug-likeness (QED) is 0.716. The van der Waals surface area contributed by atoms with E-state index >= 15 is 0 Å². The second-order valence-electron chi connectivity index (χ2n) is 4.71. The molecule has 2 N–H and O–H groups in total. The molecule has 0 saturated carbocycles. The van der Waals surface area contributed by atoms with Gasteiger partial charge < -0.3 is 15.2 Å². The van der Waals surface area contributed by atoms with Gasteiger partial charge >= 0.3 is 5.97 Å². The van der Waals surface area contributed by atoms with Gasteiger partial charge in [0.2, 0.25) is 0 Å². The molecular formula is C21H29NO4. The van der Waals surface area contributed by atoms with E-state index in [2.05, 4.69) is 5.32 Å². The molecule has 5 heteroatoms. The van der Waals surface area contributed by atoms with Crippen LogP contribution in [-0.4, -0.2) is 23.6 Å². The molecule has 2 aromatic rings. The smallest absolute Gasteiger partial charge is 0.335 e. The molecule has 0 bridgehead atoms. The molecule has 0 saturated heterocycles. The summed E-state index contributed by atoms with van der Waals surface area (Å²) >= 11 is 0. The Kier molecular flexibility index (Phi) is 12.0. The summed E-state index contributed by atoms with van der Waals surface area (Å²) in [6, 6.07) is 12.9. The summed E-state index contributed by atoms with van der Waals surface area (Å²) in [5, 5.41) is 11.6. The van der Waals surface area contributed by atoms with Gasteiger partial charge in [0.15, 0.2) is 0 Å². The van der Waals surface area contributed by atoms with Crippen molar-refractivity contribution < 1.29 is 19.4 Å². The van der Waals surface area contributed by atoms with Gasteiger partial charge in [-0.3, -0.25) is 4.79 Å². The number of hydrogen-bond donors (Lipinski definition) is 2. The fraction of sp³-hybridized carbons (Fsp3) is 0.333. The van der Waals surface area contributed by atoms with Gasteiger partial charge in [0, 0.05) is 11.3 Å². The van der Waals surface area contributed by atoms with Crippen LogP contribution < -0.4 is 10.1 Å². The van der Waals surface area contributed by atoms with Gasteiger partial charge in [-0.2, -0.15) is 0 Å². The van der Waals surface area contributed by atoms with Gasteiger partial charge in [0.1, 0.15) is 5.75 Å². The second kappa shape index (κ2) is 13.5. The number of nitrogens with one attached hydrogen (secondary N) is 1. The predicted octanol–water partition coefficient (Wildman–Crippen LogP) is 5.48. The number of carbonyl (C=O) groups is 2. The van der Waals surface area contributed by atoms with Gasteiger partial charge in [-0.15, -0.1) is 0 Å². The third kappa shape index (κ3) is 7.83. The van der Waals surface area contributed by atoms with Crippen LogP contribution in [0.2, 0.25) is 0 Å². The Morgan fingerprint density at radius 1 is 0.962 bits per heavy atom. The summed E-state index contributed by atoms with van der Waals surface area (Å²) in [5.41, 5.74) is 1.19. The minimum atomic E-state index is -1.00. The van der Waals surface area contributed by atoms with Crippen molar-refractivity contribution >= 4 is 17.6 Å². The zero-order valence-electron chi connectivity index (χ0n) is 16.2. The van der Waals surface area contributed by atoms with Gasteiger partial charge in [0.25, 0.3) is 5.91 Å². The van der Waals surface area contributed by atoms with E-state index in [-0.39, 0.29) is 11.5 Å². The van der Waals surface area contributed by atoms with E-state index in [1.165, 1.54) is 12.1 Å². The largest absolute Gasteiger partial charge is 0.494 e. The Hall–Kier alpha value is -2.82. The van der Waals surface area contributed by atoms with E-state index < -0.39 is 5.97 Å². The minimum absolute atomic E-state index is 0.174. The maximum absolute atomic E-state index is 12.2. The summed E-state index contributed by atoms with van der Waals surface area (Å²) in [7, 11) is 0. The lowest BCUT2D eigenvalue weighted by Crippen LogP contribution is -2.12. The predicted molar refractivity (Wildman–Crippen MR) is 106 cm³/mol. The molecule has 0 radical (unpaired) electrons. The first kappa shape index (κ1) is 23.2. The zero-order chi connectivity index (χ0) is 19.9. The van der Waals surface area contributed by atoms with Crippen molar-refractivity contribution in [2.75, 3.05) is 11.9 Å². The first-order valence-corrected chi connectivity index (χ1v) is 8.97. The van der Waals surface area contributed by atoms with Crippen molar-refractivity contribution in [2.45, 2.75) is 41.0 Å². The van der Waals surface area contributed by atoms with E-state index in [1.807, 2.05) is 34.6 Å². The fourth-order valence-corrected chi connectivity index (χ4v) is 1.85. The van der Waals surface area contributed by atoms with Crippen molar-refractivity contribution in [3.05, 3.63) is 59.7 Å². The third-order valence-corrected chi connectivity index (χ3v) is 2.96. The number of benzene rings is 2. The van der Waals surface area contributed by atoms with Gasteiger partial charge in [-0.25, -0.2) is 4.79 Å². The minimum Gasteiger partial charge on any atom is -0.494 e. The molecule has 0 aromatic heterocycles. The van der Waals surface area contributed by atoms with Gasteiger partial charge in [0.05, 0.1) is 12.2 Å². The number of hydrogen-bond acceptors (Lipinski definition) is 3. The number of carbonyl (C=O) groups excluding carboxylic acids is 1. The molecule has 0 spiro atoms. The molecule has 2 aromatic carbocycles. The highest BCUT2D eigenvalue weighted by atomic mass is 16.5. The monoisotopic (exact) mass is 359 g/mol. The number of anilines is 1. The van der Waals surface area contributed by atoms with E-state index in [0.717, 1.165) is 6.42 Å². The number of amides is 1. The van der Waals surface area contributed by atoms with Crippen LogP contribution in [0.4, 0.5) is 5.69 Å². The number of aromatic carboxylic acids is 1. The SMILES string of the molecule is CC.CC.CCCOc1cccc(C(=O)Nc2ccc(C(=O)O)cc2)c1. The first-order chi connectivity index (χ1) is 12.6. The van der Waals surface area contributed by atoms with Crippen LogP contribution in [0.1, 0.15) is 61.8 Å². The average Bonchev–Trinajstić information content (AvgIpc) is 2.70. The van der Waals surface area contributed by atoms with Crippen LogP contribution in [0.15, 0.2) is 48.5 Å². The summed E-state index contributed by atoms with van der Waals surface area (Å²) in [4.78, 5) is 23.0. The highest BCUT2D eigenvalue weighted by Gasteiger charge is 2.08. The Labute approximate surface area is 156 Å². The van der Waals surface area contributed by atoms with Crippen LogP contribution >= 0.6 is 0 Å². The van der Waals surface area contributed by atoms with Crippen molar-refractivity contribution in [1.29, 1.82) is 0 Å². The lowest BCUT2D eigenvalue weighted by atomic mass is 10.1. The molecule has 1 amide bonds. The van der Waals surface area contributed by atoms with Crippen molar-refractivity contribution in [3.63, 3.8) is 0 Å². The third-order valence-electron chi connectivity index (χ3n) is 2.96. The average molecular weight is 359 g/mol. The van der Waals surface area contributed by atoms with Crippen LogP contribution in [0.5, 0.6) is 5.75 Å². The lowest BCUT2D eigenvalue weighted by Gasteiger charge is -2.08. The van der Waals surface area contributed by atoms with E-state index in [0.29, 0.717) is 23.6 Å². The Morgan fingerprint density at radius 2 is 1.58 bits per heavy atom. The topological polar surface area (TPSA) is 75.6 Å². The molecule has 0 aliphatic rings. The summed E-state index contributed by atoms with van der Waals surface area (Å²) in [6.07, 6.45) is 0.895. The maximum atomic E-state index is 12.2. The summed E-state index contributed by atoms with van der Waals surface area (Å²) in [6.45, 7) is 10.6. The van der Waals surface area contributed by atoms with E-state index in [4.69, 9.17) is 9.84 Å². The van der Waals surface area contributed by atoms with Crippen molar-refractivity contribution in [1.82, 2.24) is 0 Å². The molecule has 0 atom stereocenters. The van der Waals surface area contributed by atoms with Gasteiger partial charge in [-0.05, 0) is 48.9 Å². The molecule has 142 valence electrons. The molecule has 26 heavy (non-hydrogen) atoms. The van der Waals surface area contributed by atoms with Crippen LogP contribution in [-0.2, 0) is 0 Å². The highest BCUT2D eigenvalue weighted by Crippen LogP contribution is 2.16. The molecule has 0 aliphatic carbocycles.